The maximum atomic E-state index is 13.8. The number of hydrogen-bond acceptors (Lipinski definition) is 6. The zero-order valence-corrected chi connectivity index (χ0v) is 21.4. The van der Waals surface area contributed by atoms with E-state index in [1.165, 1.54) is 29.2 Å². The Bertz CT molecular complexity index is 1150. The Labute approximate surface area is 216 Å². The Balaban J connectivity index is 1.77. The number of ether oxygens (including phenoxy) is 3. The first-order chi connectivity index (χ1) is 17.9. The van der Waals surface area contributed by atoms with Gasteiger partial charge in [-0.2, -0.15) is 0 Å². The molecule has 37 heavy (non-hydrogen) atoms. The monoisotopic (exact) mass is 512 g/mol. The summed E-state index contributed by atoms with van der Waals surface area (Å²) in [5.74, 6) is 0.679. The fraction of sp³-hybridized carbons (Fsp3) is 0.357. The van der Waals surface area contributed by atoms with Gasteiger partial charge in [-0.05, 0) is 60.9 Å². The Morgan fingerprint density at radius 3 is 2.41 bits per heavy atom. The van der Waals surface area contributed by atoms with E-state index in [-0.39, 0.29) is 24.6 Å². The molecule has 0 saturated heterocycles. The minimum atomic E-state index is -0.511. The van der Waals surface area contributed by atoms with Crippen LogP contribution in [0.3, 0.4) is 0 Å². The van der Waals surface area contributed by atoms with Crippen molar-refractivity contribution in [2.75, 3.05) is 47.6 Å². The third-order valence-corrected chi connectivity index (χ3v) is 5.86. The molecule has 8 nitrogen and oxygen atoms in total. The lowest BCUT2D eigenvalue weighted by molar-refractivity contribution is -0.132. The highest BCUT2D eigenvalue weighted by Gasteiger charge is 2.23. The van der Waals surface area contributed by atoms with Gasteiger partial charge in [-0.1, -0.05) is 12.1 Å². The summed E-state index contributed by atoms with van der Waals surface area (Å²) >= 11 is 0. The first-order valence-corrected chi connectivity index (χ1v) is 12.0. The van der Waals surface area contributed by atoms with Crippen LogP contribution in [0.4, 0.5) is 4.39 Å². The first-order valence-electron chi connectivity index (χ1n) is 12.0. The van der Waals surface area contributed by atoms with Crippen LogP contribution in [-0.4, -0.2) is 69.2 Å². The van der Waals surface area contributed by atoms with E-state index in [1.807, 2.05) is 18.2 Å². The predicted molar refractivity (Wildman–Crippen MR) is 136 cm³/mol. The summed E-state index contributed by atoms with van der Waals surface area (Å²) < 4.78 is 35.1. The molecule has 3 aromatic rings. The van der Waals surface area contributed by atoms with E-state index in [4.69, 9.17) is 18.6 Å². The van der Waals surface area contributed by atoms with Crippen LogP contribution in [-0.2, 0) is 22.5 Å². The standard InChI is InChI=1S/C28H33FN2O6/c1-34-15-6-13-31(28(33)22-7-4-8-23(29)18-22)20-27(32)30(19-24-9-5-16-37-24)14-12-21-10-11-25(35-2)26(17-21)36-3/h4-5,7-11,16-18H,6,12-15,19-20H2,1-3H3. The van der Waals surface area contributed by atoms with Crippen molar-refractivity contribution in [3.8, 4) is 11.5 Å². The number of amides is 2. The topological polar surface area (TPSA) is 81.5 Å². The number of rotatable bonds is 14. The van der Waals surface area contributed by atoms with Gasteiger partial charge in [0.15, 0.2) is 11.5 Å². The van der Waals surface area contributed by atoms with Gasteiger partial charge in [0.25, 0.3) is 5.91 Å². The molecule has 0 saturated carbocycles. The average molecular weight is 513 g/mol. The van der Waals surface area contributed by atoms with Crippen molar-refractivity contribution in [3.63, 3.8) is 0 Å². The van der Waals surface area contributed by atoms with E-state index in [0.29, 0.717) is 49.8 Å². The molecule has 0 bridgehead atoms. The SMILES string of the molecule is COCCCN(CC(=O)N(CCc1ccc(OC)c(OC)c1)Cc1ccco1)C(=O)c1cccc(F)c1. The van der Waals surface area contributed by atoms with Gasteiger partial charge in [0, 0.05) is 32.4 Å². The van der Waals surface area contributed by atoms with Gasteiger partial charge in [-0.15, -0.1) is 0 Å². The number of benzene rings is 2. The van der Waals surface area contributed by atoms with E-state index in [2.05, 4.69) is 0 Å². The molecule has 2 amide bonds. The van der Waals surface area contributed by atoms with E-state index in [9.17, 15) is 14.0 Å². The highest BCUT2D eigenvalue weighted by molar-refractivity contribution is 5.96. The molecule has 198 valence electrons. The summed E-state index contributed by atoms with van der Waals surface area (Å²) in [4.78, 5) is 29.8. The molecule has 2 aromatic carbocycles. The van der Waals surface area contributed by atoms with Crippen molar-refractivity contribution < 1.29 is 32.6 Å². The lowest BCUT2D eigenvalue weighted by Crippen LogP contribution is -2.44. The van der Waals surface area contributed by atoms with E-state index in [0.717, 1.165) is 5.56 Å². The number of hydrogen-bond donors (Lipinski definition) is 0. The number of carbonyl (C=O) groups is 2. The third-order valence-electron chi connectivity index (χ3n) is 5.86. The smallest absolute Gasteiger partial charge is 0.254 e. The lowest BCUT2D eigenvalue weighted by Gasteiger charge is -2.27. The predicted octanol–water partition coefficient (Wildman–Crippen LogP) is 4.19. The van der Waals surface area contributed by atoms with E-state index >= 15 is 0 Å². The van der Waals surface area contributed by atoms with Crippen LogP contribution in [0.1, 0.15) is 28.1 Å². The fourth-order valence-electron chi connectivity index (χ4n) is 3.90. The maximum Gasteiger partial charge on any atom is 0.254 e. The number of halogens is 1. The Morgan fingerprint density at radius 2 is 1.73 bits per heavy atom. The quantitative estimate of drug-likeness (QED) is 0.302. The minimum Gasteiger partial charge on any atom is -0.493 e. The second-order valence-corrected chi connectivity index (χ2v) is 8.42. The molecular formula is C28H33FN2O6. The van der Waals surface area contributed by atoms with Gasteiger partial charge >= 0.3 is 0 Å². The highest BCUT2D eigenvalue weighted by Crippen LogP contribution is 2.27. The van der Waals surface area contributed by atoms with Crippen LogP contribution in [0.15, 0.2) is 65.3 Å². The molecule has 1 heterocycles. The van der Waals surface area contributed by atoms with Gasteiger partial charge in [-0.3, -0.25) is 9.59 Å². The zero-order valence-electron chi connectivity index (χ0n) is 21.4. The number of carbonyl (C=O) groups excluding carboxylic acids is 2. The number of furan rings is 1. The maximum absolute atomic E-state index is 13.8. The van der Waals surface area contributed by atoms with Crippen molar-refractivity contribution in [1.82, 2.24) is 9.80 Å². The van der Waals surface area contributed by atoms with Gasteiger partial charge in [0.1, 0.15) is 18.1 Å². The normalized spacial score (nSPS) is 10.7. The average Bonchev–Trinajstić information content (AvgIpc) is 3.43. The summed E-state index contributed by atoms with van der Waals surface area (Å²) in [6.45, 7) is 1.19. The lowest BCUT2D eigenvalue weighted by atomic mass is 10.1. The number of methoxy groups -OCH3 is 3. The Morgan fingerprint density at radius 1 is 0.919 bits per heavy atom. The molecule has 1 aromatic heterocycles. The van der Waals surface area contributed by atoms with Crippen molar-refractivity contribution in [3.05, 3.63) is 83.6 Å². The summed E-state index contributed by atoms with van der Waals surface area (Å²) in [7, 11) is 4.72. The first kappa shape index (κ1) is 27.7. The second kappa shape index (κ2) is 14.0. The molecule has 9 heteroatoms. The van der Waals surface area contributed by atoms with Crippen LogP contribution >= 0.6 is 0 Å². The fourth-order valence-corrected chi connectivity index (χ4v) is 3.90. The Kier molecular flexibility index (Phi) is 10.5. The van der Waals surface area contributed by atoms with Crippen molar-refractivity contribution in [2.45, 2.75) is 19.4 Å². The summed E-state index contributed by atoms with van der Waals surface area (Å²) in [6.07, 6.45) is 2.64. The van der Waals surface area contributed by atoms with Crippen LogP contribution in [0.25, 0.3) is 0 Å². The molecule has 0 spiro atoms. The van der Waals surface area contributed by atoms with Gasteiger partial charge < -0.3 is 28.4 Å². The van der Waals surface area contributed by atoms with Crippen molar-refractivity contribution in [2.24, 2.45) is 0 Å². The van der Waals surface area contributed by atoms with Crippen LogP contribution < -0.4 is 9.47 Å². The molecule has 0 aliphatic carbocycles. The Hall–Kier alpha value is -3.85. The van der Waals surface area contributed by atoms with Gasteiger partial charge in [0.05, 0.1) is 27.0 Å². The van der Waals surface area contributed by atoms with Crippen LogP contribution in [0.5, 0.6) is 11.5 Å². The van der Waals surface area contributed by atoms with Crippen LogP contribution in [0.2, 0.25) is 0 Å². The summed E-state index contributed by atoms with van der Waals surface area (Å²) in [5, 5.41) is 0. The molecule has 0 aliphatic rings. The van der Waals surface area contributed by atoms with Crippen molar-refractivity contribution >= 4 is 11.8 Å². The zero-order chi connectivity index (χ0) is 26.6. The van der Waals surface area contributed by atoms with Gasteiger partial charge in [0.2, 0.25) is 5.91 Å². The highest BCUT2D eigenvalue weighted by atomic mass is 19.1. The minimum absolute atomic E-state index is 0.161. The molecule has 0 aliphatic heterocycles. The third kappa shape index (κ3) is 8.08. The van der Waals surface area contributed by atoms with E-state index < -0.39 is 11.7 Å². The van der Waals surface area contributed by atoms with Gasteiger partial charge in [-0.25, -0.2) is 4.39 Å². The molecular weight excluding hydrogens is 479 g/mol. The molecule has 0 N–H and O–H groups in total. The second-order valence-electron chi connectivity index (χ2n) is 8.42. The number of nitrogens with zero attached hydrogens (tertiary/aromatic N) is 2. The van der Waals surface area contributed by atoms with Crippen LogP contribution in [0, 0.1) is 5.82 Å². The van der Waals surface area contributed by atoms with Crippen molar-refractivity contribution in [1.29, 1.82) is 0 Å². The molecule has 0 radical (unpaired) electrons. The molecule has 3 rings (SSSR count). The summed E-state index contributed by atoms with van der Waals surface area (Å²) in [5.41, 5.74) is 1.15. The summed E-state index contributed by atoms with van der Waals surface area (Å²) in [6, 6.07) is 14.6. The molecule has 0 atom stereocenters. The van der Waals surface area contributed by atoms with E-state index in [1.54, 1.807) is 44.6 Å². The molecule has 0 fully saturated rings. The largest absolute Gasteiger partial charge is 0.493 e. The molecule has 0 unspecified atom stereocenters.